The molecule has 0 saturated heterocycles. The number of halogens is 1. The number of aromatic nitrogens is 2. The molecule has 4 nitrogen and oxygen atoms in total. The van der Waals surface area contributed by atoms with Crippen LogP contribution in [-0.4, -0.2) is 23.6 Å². The van der Waals surface area contributed by atoms with Crippen molar-refractivity contribution in [3.63, 3.8) is 0 Å². The lowest BCUT2D eigenvalue weighted by atomic mass is 10.0. The van der Waals surface area contributed by atoms with E-state index in [9.17, 15) is 0 Å². The summed E-state index contributed by atoms with van der Waals surface area (Å²) in [6.07, 6.45) is 4.13. The molecule has 5 heteroatoms. The Morgan fingerprint density at radius 1 is 1.38 bits per heavy atom. The topological polar surface area (TPSA) is 49.8 Å². The van der Waals surface area contributed by atoms with Gasteiger partial charge in [0.25, 0.3) is 0 Å². The average molecular weight is 287 g/mol. The van der Waals surface area contributed by atoms with Gasteiger partial charge < -0.3 is 10.6 Å². The van der Waals surface area contributed by atoms with Gasteiger partial charge >= 0.3 is 0 Å². The Kier molecular flexibility index (Phi) is 5.52. The third-order valence-electron chi connectivity index (χ3n) is 2.68. The fourth-order valence-electron chi connectivity index (χ4n) is 1.43. The molecule has 0 aliphatic rings. The minimum atomic E-state index is 0.634. The molecule has 0 radical (unpaired) electrons. The molecule has 0 aromatic carbocycles. The number of nitrogens with zero attached hydrogens (tertiary/aromatic N) is 2. The van der Waals surface area contributed by atoms with Gasteiger partial charge in [-0.25, -0.2) is 4.98 Å². The van der Waals surface area contributed by atoms with Gasteiger partial charge in [0.2, 0.25) is 5.95 Å². The summed E-state index contributed by atoms with van der Waals surface area (Å²) in [6, 6.07) is 0. The average Bonchev–Trinajstić information content (AvgIpc) is 2.32. The van der Waals surface area contributed by atoms with Crippen LogP contribution in [0.25, 0.3) is 0 Å². The van der Waals surface area contributed by atoms with Gasteiger partial charge in [-0.2, -0.15) is 4.98 Å². The Bertz CT molecular complexity index is 326. The van der Waals surface area contributed by atoms with Crippen molar-refractivity contribution in [1.29, 1.82) is 0 Å². The Morgan fingerprint density at radius 2 is 2.06 bits per heavy atom. The Balaban J connectivity index is 2.65. The van der Waals surface area contributed by atoms with Crippen molar-refractivity contribution >= 4 is 27.7 Å². The maximum Gasteiger partial charge on any atom is 0.224 e. The summed E-state index contributed by atoms with van der Waals surface area (Å²) in [5, 5.41) is 6.28. The smallest absolute Gasteiger partial charge is 0.224 e. The molecule has 0 bridgehead atoms. The second-order valence-corrected chi connectivity index (χ2v) is 4.56. The van der Waals surface area contributed by atoms with Gasteiger partial charge in [0.05, 0.1) is 4.47 Å². The molecule has 0 saturated carbocycles. The highest BCUT2D eigenvalue weighted by molar-refractivity contribution is 9.10. The fraction of sp³-hybridized carbons (Fsp3) is 0.636. The highest BCUT2D eigenvalue weighted by Gasteiger charge is 2.07. The summed E-state index contributed by atoms with van der Waals surface area (Å²) in [4.78, 5) is 8.47. The third-order valence-corrected chi connectivity index (χ3v) is 3.26. The molecule has 1 aromatic rings. The molecule has 0 unspecified atom stereocenters. The van der Waals surface area contributed by atoms with Gasteiger partial charge in [-0.1, -0.05) is 26.7 Å². The van der Waals surface area contributed by atoms with Crippen molar-refractivity contribution in [2.24, 2.45) is 5.92 Å². The van der Waals surface area contributed by atoms with E-state index in [4.69, 9.17) is 0 Å². The first-order chi connectivity index (χ1) is 7.71. The minimum absolute atomic E-state index is 0.634. The largest absolute Gasteiger partial charge is 0.369 e. The fourth-order valence-corrected chi connectivity index (χ4v) is 1.76. The molecule has 2 N–H and O–H groups in total. The standard InChI is InChI=1S/C11H19BrN4/c1-4-8(5-2)6-14-10-9(12)7-15-11(13-3)16-10/h7-8H,4-6H2,1-3H3,(H2,13,14,15,16). The Hall–Kier alpha value is -0.840. The van der Waals surface area contributed by atoms with Crippen molar-refractivity contribution in [3.05, 3.63) is 10.7 Å². The molecule has 0 fully saturated rings. The molecule has 1 rings (SSSR count). The highest BCUT2D eigenvalue weighted by Crippen LogP contribution is 2.20. The normalized spacial score (nSPS) is 10.6. The second-order valence-electron chi connectivity index (χ2n) is 3.70. The van der Waals surface area contributed by atoms with Gasteiger partial charge in [0.15, 0.2) is 0 Å². The number of nitrogens with one attached hydrogen (secondary N) is 2. The van der Waals surface area contributed by atoms with E-state index < -0.39 is 0 Å². The first kappa shape index (κ1) is 13.2. The number of rotatable bonds is 6. The zero-order chi connectivity index (χ0) is 12.0. The summed E-state index contributed by atoms with van der Waals surface area (Å²) in [5.74, 6) is 2.18. The van der Waals surface area contributed by atoms with Crippen LogP contribution in [0.3, 0.4) is 0 Å². The molecule has 16 heavy (non-hydrogen) atoms. The molecule has 0 aliphatic heterocycles. The van der Waals surface area contributed by atoms with Crippen molar-refractivity contribution in [1.82, 2.24) is 9.97 Å². The predicted octanol–water partition coefficient (Wildman–Crippen LogP) is 3.13. The first-order valence-corrected chi connectivity index (χ1v) is 6.44. The minimum Gasteiger partial charge on any atom is -0.369 e. The van der Waals surface area contributed by atoms with Gasteiger partial charge in [0.1, 0.15) is 5.82 Å². The SMILES string of the molecule is CCC(CC)CNc1nc(NC)ncc1Br. The van der Waals surface area contributed by atoms with Crippen LogP contribution in [0, 0.1) is 5.92 Å². The van der Waals surface area contributed by atoms with Gasteiger partial charge in [-0.15, -0.1) is 0 Å². The van der Waals surface area contributed by atoms with E-state index in [1.165, 1.54) is 12.8 Å². The van der Waals surface area contributed by atoms with Crippen molar-refractivity contribution in [2.45, 2.75) is 26.7 Å². The van der Waals surface area contributed by atoms with E-state index in [-0.39, 0.29) is 0 Å². The van der Waals surface area contributed by atoms with E-state index in [0.717, 1.165) is 16.8 Å². The quantitative estimate of drug-likeness (QED) is 0.844. The molecular formula is C11H19BrN4. The number of anilines is 2. The van der Waals surface area contributed by atoms with Crippen LogP contribution >= 0.6 is 15.9 Å². The van der Waals surface area contributed by atoms with Crippen LogP contribution in [0.2, 0.25) is 0 Å². The Morgan fingerprint density at radius 3 is 2.62 bits per heavy atom. The molecule has 1 aromatic heterocycles. The lowest BCUT2D eigenvalue weighted by molar-refractivity contribution is 0.518. The van der Waals surface area contributed by atoms with E-state index in [2.05, 4.69) is 50.4 Å². The van der Waals surface area contributed by atoms with Gasteiger partial charge in [-0.05, 0) is 21.8 Å². The summed E-state index contributed by atoms with van der Waals surface area (Å²) in [5.41, 5.74) is 0. The molecule has 0 atom stereocenters. The van der Waals surface area contributed by atoms with Gasteiger partial charge in [0, 0.05) is 19.8 Å². The number of hydrogen-bond donors (Lipinski definition) is 2. The molecule has 0 amide bonds. The summed E-state index contributed by atoms with van der Waals surface area (Å²) in [6.45, 7) is 5.37. The summed E-state index contributed by atoms with van der Waals surface area (Å²) >= 11 is 3.44. The van der Waals surface area contributed by atoms with E-state index in [0.29, 0.717) is 11.9 Å². The van der Waals surface area contributed by atoms with E-state index in [1.54, 1.807) is 6.20 Å². The monoisotopic (exact) mass is 286 g/mol. The second kappa shape index (κ2) is 6.68. The van der Waals surface area contributed by atoms with E-state index >= 15 is 0 Å². The zero-order valence-electron chi connectivity index (χ0n) is 10.0. The van der Waals surface area contributed by atoms with Crippen LogP contribution in [0.5, 0.6) is 0 Å². The van der Waals surface area contributed by atoms with Crippen molar-refractivity contribution in [3.8, 4) is 0 Å². The predicted molar refractivity (Wildman–Crippen MR) is 71.8 cm³/mol. The lowest BCUT2D eigenvalue weighted by Gasteiger charge is -2.14. The van der Waals surface area contributed by atoms with Crippen molar-refractivity contribution in [2.75, 3.05) is 24.2 Å². The van der Waals surface area contributed by atoms with Crippen LogP contribution in [0.4, 0.5) is 11.8 Å². The van der Waals surface area contributed by atoms with Crippen LogP contribution in [0.1, 0.15) is 26.7 Å². The number of hydrogen-bond acceptors (Lipinski definition) is 4. The molecular weight excluding hydrogens is 268 g/mol. The summed E-state index contributed by atoms with van der Waals surface area (Å²) in [7, 11) is 1.81. The van der Waals surface area contributed by atoms with Crippen LogP contribution < -0.4 is 10.6 Å². The zero-order valence-corrected chi connectivity index (χ0v) is 11.6. The third kappa shape index (κ3) is 3.63. The lowest BCUT2D eigenvalue weighted by Crippen LogP contribution is -2.14. The molecule has 1 heterocycles. The molecule has 0 aliphatic carbocycles. The van der Waals surface area contributed by atoms with Crippen LogP contribution in [0.15, 0.2) is 10.7 Å². The van der Waals surface area contributed by atoms with Gasteiger partial charge in [-0.3, -0.25) is 0 Å². The maximum atomic E-state index is 4.35. The molecule has 0 spiro atoms. The first-order valence-electron chi connectivity index (χ1n) is 5.65. The van der Waals surface area contributed by atoms with Crippen LogP contribution in [-0.2, 0) is 0 Å². The summed E-state index contributed by atoms with van der Waals surface area (Å²) < 4.78 is 0.900. The van der Waals surface area contributed by atoms with E-state index in [1.807, 2.05) is 7.05 Å². The maximum absolute atomic E-state index is 4.35. The Labute approximate surface area is 105 Å². The highest BCUT2D eigenvalue weighted by atomic mass is 79.9. The molecule has 90 valence electrons. The van der Waals surface area contributed by atoms with Crippen molar-refractivity contribution < 1.29 is 0 Å².